The Kier molecular flexibility index (Phi) is 4.26. The third kappa shape index (κ3) is 3.04. The Hall–Kier alpha value is -2.37. The summed E-state index contributed by atoms with van der Waals surface area (Å²) >= 11 is 0. The molecule has 1 heterocycles. The highest BCUT2D eigenvalue weighted by Gasteiger charge is 2.26. The summed E-state index contributed by atoms with van der Waals surface area (Å²) in [5.74, 6) is -0.869. The summed E-state index contributed by atoms with van der Waals surface area (Å²) in [4.78, 5) is 7.46. The monoisotopic (exact) mass is 306 g/mol. The number of nitrogens with zero attached hydrogens (tertiary/aromatic N) is 4. The molecule has 2 rings (SSSR count). The first kappa shape index (κ1) is 15.0. The number of hydrogen-bond donors (Lipinski definition) is 0. The predicted molar refractivity (Wildman–Crippen MR) is 71.8 cm³/mol. The van der Waals surface area contributed by atoms with E-state index in [4.69, 9.17) is 5.26 Å². The topological polar surface area (TPSA) is 87.0 Å². The van der Waals surface area contributed by atoms with Gasteiger partial charge < -0.3 is 0 Å². The van der Waals surface area contributed by atoms with Crippen molar-refractivity contribution in [2.45, 2.75) is 11.4 Å². The first-order valence-electron chi connectivity index (χ1n) is 5.86. The molecule has 0 N–H and O–H groups in total. The van der Waals surface area contributed by atoms with E-state index in [1.807, 2.05) is 0 Å². The lowest BCUT2D eigenvalue weighted by atomic mass is 10.2. The highest BCUT2D eigenvalue weighted by molar-refractivity contribution is 7.89. The molecule has 2 aromatic rings. The molecule has 0 fully saturated rings. The van der Waals surface area contributed by atoms with E-state index in [1.165, 1.54) is 37.8 Å². The van der Waals surface area contributed by atoms with E-state index in [0.29, 0.717) is 5.69 Å². The van der Waals surface area contributed by atoms with Gasteiger partial charge in [-0.2, -0.15) is 9.57 Å². The Morgan fingerprint density at radius 1 is 1.38 bits per heavy atom. The van der Waals surface area contributed by atoms with E-state index in [2.05, 4.69) is 9.97 Å². The van der Waals surface area contributed by atoms with Gasteiger partial charge in [-0.25, -0.2) is 12.8 Å². The molecule has 0 spiro atoms. The average Bonchev–Trinajstić information content (AvgIpc) is 2.48. The second kappa shape index (κ2) is 5.95. The van der Waals surface area contributed by atoms with E-state index in [9.17, 15) is 12.8 Å². The Morgan fingerprint density at radius 3 is 2.76 bits per heavy atom. The lowest BCUT2D eigenvalue weighted by Gasteiger charge is -2.17. The third-order valence-electron chi connectivity index (χ3n) is 2.78. The molecule has 0 saturated carbocycles. The Morgan fingerprint density at radius 2 is 2.14 bits per heavy atom. The van der Waals surface area contributed by atoms with Crippen molar-refractivity contribution in [3.63, 3.8) is 0 Å². The van der Waals surface area contributed by atoms with Gasteiger partial charge in [-0.3, -0.25) is 9.97 Å². The second-order valence-electron chi connectivity index (χ2n) is 4.18. The lowest BCUT2D eigenvalue weighted by Crippen LogP contribution is -2.27. The molecule has 6 nitrogen and oxygen atoms in total. The number of halogens is 1. The molecule has 0 bridgehead atoms. The zero-order valence-corrected chi connectivity index (χ0v) is 11.9. The molecular formula is C13H11FN4O2S. The molecule has 1 aromatic heterocycles. The average molecular weight is 306 g/mol. The third-order valence-corrected chi connectivity index (χ3v) is 4.62. The van der Waals surface area contributed by atoms with Crippen LogP contribution in [0.2, 0.25) is 0 Å². The van der Waals surface area contributed by atoms with Gasteiger partial charge in [-0.15, -0.1) is 0 Å². The quantitative estimate of drug-likeness (QED) is 0.850. The van der Waals surface area contributed by atoms with Crippen LogP contribution in [0, 0.1) is 17.1 Å². The summed E-state index contributed by atoms with van der Waals surface area (Å²) in [6.07, 6.45) is 4.35. The van der Waals surface area contributed by atoms with Gasteiger partial charge in [-0.05, 0) is 12.1 Å². The van der Waals surface area contributed by atoms with Crippen LogP contribution in [0.25, 0.3) is 0 Å². The zero-order chi connectivity index (χ0) is 15.5. The molecular weight excluding hydrogens is 295 g/mol. The maximum absolute atomic E-state index is 13.5. The van der Waals surface area contributed by atoms with Gasteiger partial charge in [0.2, 0.25) is 10.0 Å². The first-order valence-corrected chi connectivity index (χ1v) is 7.30. The maximum Gasteiger partial charge on any atom is 0.244 e. The smallest absolute Gasteiger partial charge is 0.244 e. The predicted octanol–water partition coefficient (Wildman–Crippen LogP) is 1.31. The summed E-state index contributed by atoms with van der Waals surface area (Å²) in [5.41, 5.74) is -0.0537. The van der Waals surface area contributed by atoms with E-state index >= 15 is 0 Å². The Balaban J connectivity index is 2.39. The lowest BCUT2D eigenvalue weighted by molar-refractivity contribution is 0.460. The van der Waals surface area contributed by atoms with Crippen LogP contribution in [-0.4, -0.2) is 29.7 Å². The molecule has 0 atom stereocenters. The van der Waals surface area contributed by atoms with Crippen molar-refractivity contribution in [2.75, 3.05) is 7.05 Å². The van der Waals surface area contributed by atoms with E-state index < -0.39 is 21.4 Å². The molecule has 0 aliphatic carbocycles. The summed E-state index contributed by atoms with van der Waals surface area (Å²) in [5, 5.41) is 8.94. The fourth-order valence-corrected chi connectivity index (χ4v) is 3.01. The number of benzene rings is 1. The van der Waals surface area contributed by atoms with Gasteiger partial charge in [0.15, 0.2) is 0 Å². The summed E-state index contributed by atoms with van der Waals surface area (Å²) in [6.45, 7) is -0.0302. The van der Waals surface area contributed by atoms with Gasteiger partial charge in [0.1, 0.15) is 22.3 Å². The van der Waals surface area contributed by atoms with Crippen molar-refractivity contribution in [3.8, 4) is 6.07 Å². The molecule has 0 aliphatic heterocycles. The van der Waals surface area contributed by atoms with Crippen molar-refractivity contribution < 1.29 is 12.8 Å². The molecule has 0 unspecified atom stereocenters. The molecule has 0 amide bonds. The van der Waals surface area contributed by atoms with Gasteiger partial charge in [0, 0.05) is 25.6 Å². The normalized spacial score (nSPS) is 11.3. The van der Waals surface area contributed by atoms with Gasteiger partial charge in [0.05, 0.1) is 12.2 Å². The van der Waals surface area contributed by atoms with Gasteiger partial charge >= 0.3 is 0 Å². The number of sulfonamides is 1. The van der Waals surface area contributed by atoms with Crippen LogP contribution in [0.5, 0.6) is 0 Å². The van der Waals surface area contributed by atoms with Crippen LogP contribution in [-0.2, 0) is 16.6 Å². The second-order valence-corrected chi connectivity index (χ2v) is 6.20. The van der Waals surface area contributed by atoms with Crippen molar-refractivity contribution in [3.05, 3.63) is 53.9 Å². The minimum absolute atomic E-state index is 0.0302. The number of aromatic nitrogens is 2. The number of rotatable bonds is 4. The first-order chi connectivity index (χ1) is 9.96. The van der Waals surface area contributed by atoms with Crippen molar-refractivity contribution in [1.82, 2.24) is 14.3 Å². The van der Waals surface area contributed by atoms with Crippen LogP contribution >= 0.6 is 0 Å². The van der Waals surface area contributed by atoms with Crippen molar-refractivity contribution in [1.29, 1.82) is 5.26 Å². The molecule has 8 heteroatoms. The summed E-state index contributed by atoms with van der Waals surface area (Å²) < 4.78 is 39.4. The number of nitriles is 1. The highest BCUT2D eigenvalue weighted by atomic mass is 32.2. The fourth-order valence-electron chi connectivity index (χ4n) is 1.72. The standard InChI is InChI=1S/C13H11FN4O2S/c1-18(9-10-8-16-5-6-17-10)21(19,20)13-4-2-3-12(14)11(13)7-15/h2-6,8H,9H2,1H3. The van der Waals surface area contributed by atoms with Gasteiger partial charge in [0.25, 0.3) is 0 Å². The van der Waals surface area contributed by atoms with Crippen LogP contribution < -0.4 is 0 Å². The molecule has 21 heavy (non-hydrogen) atoms. The van der Waals surface area contributed by atoms with Gasteiger partial charge in [-0.1, -0.05) is 6.07 Å². The molecule has 108 valence electrons. The van der Waals surface area contributed by atoms with Crippen molar-refractivity contribution in [2.24, 2.45) is 0 Å². The summed E-state index contributed by atoms with van der Waals surface area (Å²) in [6, 6.07) is 5.07. The SMILES string of the molecule is CN(Cc1cnccn1)S(=O)(=O)c1cccc(F)c1C#N. The minimum Gasteiger partial charge on any atom is -0.261 e. The van der Waals surface area contributed by atoms with E-state index in [1.54, 1.807) is 6.07 Å². The highest BCUT2D eigenvalue weighted by Crippen LogP contribution is 2.22. The molecule has 0 aliphatic rings. The summed E-state index contributed by atoms with van der Waals surface area (Å²) in [7, 11) is -2.67. The molecule has 1 aromatic carbocycles. The molecule has 0 saturated heterocycles. The van der Waals surface area contributed by atoms with E-state index in [0.717, 1.165) is 10.4 Å². The number of hydrogen-bond acceptors (Lipinski definition) is 5. The van der Waals surface area contributed by atoms with Crippen LogP contribution in [0.4, 0.5) is 4.39 Å². The minimum atomic E-state index is -4.00. The zero-order valence-electron chi connectivity index (χ0n) is 11.1. The maximum atomic E-state index is 13.5. The molecule has 0 radical (unpaired) electrons. The Labute approximate surface area is 121 Å². The van der Waals surface area contributed by atoms with Crippen molar-refractivity contribution >= 4 is 10.0 Å². The van der Waals surface area contributed by atoms with Crippen LogP contribution in [0.1, 0.15) is 11.3 Å². The fraction of sp³-hybridized carbons (Fsp3) is 0.154. The van der Waals surface area contributed by atoms with Crippen LogP contribution in [0.3, 0.4) is 0 Å². The largest absolute Gasteiger partial charge is 0.261 e. The Bertz CT molecular complexity index is 788. The van der Waals surface area contributed by atoms with E-state index in [-0.39, 0.29) is 11.4 Å². The van der Waals surface area contributed by atoms with Crippen LogP contribution in [0.15, 0.2) is 41.7 Å².